The van der Waals surface area contributed by atoms with Crippen LogP contribution in [-0.4, -0.2) is 30.2 Å². The molecule has 0 bridgehead atoms. The SMILES string of the molecule is CC1CC(N)CN(c2ccc(C(=O)O)c(F)c2F)C1. The molecule has 1 aromatic rings. The third-order valence-electron chi connectivity index (χ3n) is 3.33. The van der Waals surface area contributed by atoms with Crippen LogP contribution in [0.1, 0.15) is 23.7 Å². The number of anilines is 1. The number of aromatic carboxylic acids is 1. The van der Waals surface area contributed by atoms with Gasteiger partial charge in [-0.15, -0.1) is 0 Å². The number of hydrogen-bond donors (Lipinski definition) is 2. The van der Waals surface area contributed by atoms with E-state index in [1.807, 2.05) is 6.92 Å². The molecule has 1 fully saturated rings. The molecular weight excluding hydrogens is 254 g/mol. The molecule has 1 heterocycles. The predicted octanol–water partition coefficient (Wildman–Crippen LogP) is 1.84. The Kier molecular flexibility index (Phi) is 3.71. The number of carbonyl (C=O) groups is 1. The summed E-state index contributed by atoms with van der Waals surface area (Å²) in [5.74, 6) is -3.64. The van der Waals surface area contributed by atoms with Crippen LogP contribution in [0.25, 0.3) is 0 Å². The van der Waals surface area contributed by atoms with E-state index in [2.05, 4.69) is 0 Å². The fourth-order valence-corrected chi connectivity index (χ4v) is 2.55. The average Bonchev–Trinajstić information content (AvgIpc) is 2.30. The number of nitrogens with two attached hydrogens (primary N) is 1. The molecule has 2 rings (SSSR count). The predicted molar refractivity (Wildman–Crippen MR) is 67.3 cm³/mol. The Morgan fingerprint density at radius 2 is 2.05 bits per heavy atom. The van der Waals surface area contributed by atoms with E-state index in [4.69, 9.17) is 10.8 Å². The molecule has 0 aromatic heterocycles. The molecule has 0 amide bonds. The van der Waals surface area contributed by atoms with E-state index in [9.17, 15) is 13.6 Å². The third-order valence-corrected chi connectivity index (χ3v) is 3.33. The summed E-state index contributed by atoms with van der Waals surface area (Å²) in [5, 5.41) is 8.74. The summed E-state index contributed by atoms with van der Waals surface area (Å²) in [5.41, 5.74) is 5.28. The number of carboxylic acids is 1. The largest absolute Gasteiger partial charge is 0.478 e. The zero-order valence-corrected chi connectivity index (χ0v) is 10.6. The van der Waals surface area contributed by atoms with Crippen molar-refractivity contribution in [2.75, 3.05) is 18.0 Å². The van der Waals surface area contributed by atoms with Crippen LogP contribution in [-0.2, 0) is 0 Å². The molecule has 1 aliphatic rings. The minimum absolute atomic E-state index is 0.0736. The summed E-state index contributed by atoms with van der Waals surface area (Å²) in [6, 6.07) is 2.29. The molecule has 1 aliphatic heterocycles. The van der Waals surface area contributed by atoms with Gasteiger partial charge in [-0.25, -0.2) is 13.6 Å². The molecule has 0 spiro atoms. The molecule has 0 radical (unpaired) electrons. The molecule has 2 atom stereocenters. The maximum absolute atomic E-state index is 13.9. The Balaban J connectivity index is 2.35. The molecule has 1 aromatic carbocycles. The minimum atomic E-state index is -1.48. The number of carboxylic acid groups (broad SMARTS) is 1. The fourth-order valence-electron chi connectivity index (χ4n) is 2.55. The molecule has 1 saturated heterocycles. The lowest BCUT2D eigenvalue weighted by molar-refractivity contribution is 0.0690. The second-order valence-corrected chi connectivity index (χ2v) is 5.07. The van der Waals surface area contributed by atoms with Crippen molar-refractivity contribution < 1.29 is 18.7 Å². The highest BCUT2D eigenvalue weighted by Gasteiger charge is 2.27. The smallest absolute Gasteiger partial charge is 0.338 e. The molecule has 0 aliphatic carbocycles. The third kappa shape index (κ3) is 2.68. The number of hydrogen-bond acceptors (Lipinski definition) is 3. The van der Waals surface area contributed by atoms with Crippen LogP contribution in [0.15, 0.2) is 12.1 Å². The van der Waals surface area contributed by atoms with Crippen molar-refractivity contribution in [1.82, 2.24) is 0 Å². The fraction of sp³-hybridized carbons (Fsp3) is 0.462. The highest BCUT2D eigenvalue weighted by Crippen LogP contribution is 2.28. The van der Waals surface area contributed by atoms with E-state index in [-0.39, 0.29) is 17.6 Å². The molecule has 19 heavy (non-hydrogen) atoms. The van der Waals surface area contributed by atoms with Crippen LogP contribution < -0.4 is 10.6 Å². The van der Waals surface area contributed by atoms with Crippen molar-refractivity contribution in [2.45, 2.75) is 19.4 Å². The maximum Gasteiger partial charge on any atom is 0.338 e. The van der Waals surface area contributed by atoms with Gasteiger partial charge in [0, 0.05) is 19.1 Å². The summed E-state index contributed by atoms with van der Waals surface area (Å²) in [7, 11) is 0. The van der Waals surface area contributed by atoms with E-state index < -0.39 is 23.2 Å². The van der Waals surface area contributed by atoms with Crippen molar-refractivity contribution in [3.8, 4) is 0 Å². The van der Waals surface area contributed by atoms with Gasteiger partial charge < -0.3 is 15.7 Å². The summed E-state index contributed by atoms with van der Waals surface area (Å²) in [4.78, 5) is 12.4. The van der Waals surface area contributed by atoms with Gasteiger partial charge in [-0.3, -0.25) is 0 Å². The van der Waals surface area contributed by atoms with Gasteiger partial charge >= 0.3 is 5.97 Å². The zero-order chi connectivity index (χ0) is 14.2. The Hall–Kier alpha value is -1.69. The Bertz CT molecular complexity index is 498. The molecule has 2 unspecified atom stereocenters. The lowest BCUT2D eigenvalue weighted by Crippen LogP contribution is -2.46. The average molecular weight is 270 g/mol. The molecule has 6 heteroatoms. The van der Waals surface area contributed by atoms with Gasteiger partial charge in [-0.05, 0) is 24.5 Å². The number of piperidine rings is 1. The van der Waals surface area contributed by atoms with Crippen molar-refractivity contribution >= 4 is 11.7 Å². The minimum Gasteiger partial charge on any atom is -0.478 e. The van der Waals surface area contributed by atoms with Crippen LogP contribution in [0.2, 0.25) is 0 Å². The molecule has 104 valence electrons. The van der Waals surface area contributed by atoms with Gasteiger partial charge in [0.1, 0.15) is 0 Å². The van der Waals surface area contributed by atoms with E-state index in [1.54, 1.807) is 4.90 Å². The molecule has 0 saturated carbocycles. The first-order valence-corrected chi connectivity index (χ1v) is 6.12. The number of rotatable bonds is 2. The van der Waals surface area contributed by atoms with Crippen LogP contribution in [0, 0.1) is 17.6 Å². The second-order valence-electron chi connectivity index (χ2n) is 5.07. The van der Waals surface area contributed by atoms with Crippen molar-refractivity contribution in [2.24, 2.45) is 11.7 Å². The lowest BCUT2D eigenvalue weighted by Gasteiger charge is -2.36. The van der Waals surface area contributed by atoms with E-state index in [0.29, 0.717) is 13.1 Å². The van der Waals surface area contributed by atoms with Crippen molar-refractivity contribution in [3.05, 3.63) is 29.3 Å². The topological polar surface area (TPSA) is 66.6 Å². The first-order chi connectivity index (χ1) is 8.90. The van der Waals surface area contributed by atoms with Crippen molar-refractivity contribution in [3.63, 3.8) is 0 Å². The van der Waals surface area contributed by atoms with Gasteiger partial charge in [0.25, 0.3) is 0 Å². The summed E-state index contributed by atoms with van der Waals surface area (Å²) < 4.78 is 27.6. The van der Waals surface area contributed by atoms with E-state index in [1.165, 1.54) is 6.07 Å². The molecule has 3 N–H and O–H groups in total. The highest BCUT2D eigenvalue weighted by atomic mass is 19.2. The normalized spacial score (nSPS) is 23.5. The molecular formula is C13H16F2N2O2. The quantitative estimate of drug-likeness (QED) is 0.860. The summed E-state index contributed by atoms with van der Waals surface area (Å²) in [6.45, 7) is 3.01. The first-order valence-electron chi connectivity index (χ1n) is 6.12. The number of halogens is 2. The summed E-state index contributed by atoms with van der Waals surface area (Å²) in [6.07, 6.45) is 0.841. The number of benzene rings is 1. The van der Waals surface area contributed by atoms with Gasteiger partial charge in [0.2, 0.25) is 0 Å². The molecule has 4 nitrogen and oxygen atoms in total. The zero-order valence-electron chi connectivity index (χ0n) is 10.6. The van der Waals surface area contributed by atoms with Gasteiger partial charge in [0.15, 0.2) is 11.6 Å². The van der Waals surface area contributed by atoms with Crippen LogP contribution in [0.3, 0.4) is 0 Å². The number of nitrogens with zero attached hydrogens (tertiary/aromatic N) is 1. The standard InChI is InChI=1S/C13H16F2N2O2/c1-7-4-8(16)6-17(5-7)10-3-2-9(13(18)19)11(14)12(10)15/h2-3,7-8H,4-6,16H2,1H3,(H,18,19). The first kappa shape index (κ1) is 13.7. The van der Waals surface area contributed by atoms with Gasteiger partial charge in [0.05, 0.1) is 11.3 Å². The van der Waals surface area contributed by atoms with Gasteiger partial charge in [-0.2, -0.15) is 0 Å². The van der Waals surface area contributed by atoms with Crippen molar-refractivity contribution in [1.29, 1.82) is 0 Å². The summed E-state index contributed by atoms with van der Waals surface area (Å²) >= 11 is 0. The van der Waals surface area contributed by atoms with Crippen LogP contribution in [0.4, 0.5) is 14.5 Å². The Labute approximate surface area is 109 Å². The Morgan fingerprint density at radius 1 is 1.37 bits per heavy atom. The lowest BCUT2D eigenvalue weighted by atomic mass is 9.96. The monoisotopic (exact) mass is 270 g/mol. The Morgan fingerprint density at radius 3 is 2.63 bits per heavy atom. The van der Waals surface area contributed by atoms with E-state index in [0.717, 1.165) is 12.5 Å². The van der Waals surface area contributed by atoms with E-state index >= 15 is 0 Å². The van der Waals surface area contributed by atoms with Gasteiger partial charge in [-0.1, -0.05) is 6.92 Å². The maximum atomic E-state index is 13.9. The highest BCUT2D eigenvalue weighted by molar-refractivity contribution is 5.88. The van der Waals surface area contributed by atoms with Crippen LogP contribution >= 0.6 is 0 Å². The second kappa shape index (κ2) is 5.13. The van der Waals surface area contributed by atoms with Crippen LogP contribution in [0.5, 0.6) is 0 Å².